The number of likely N-dealkylation sites (tertiary alicyclic amines) is 1. The highest BCUT2D eigenvalue weighted by Gasteiger charge is 2.30. The van der Waals surface area contributed by atoms with Gasteiger partial charge in [-0.2, -0.15) is 0 Å². The number of nitrogens with one attached hydrogen (secondary N) is 2. The lowest BCUT2D eigenvalue weighted by atomic mass is 9.97. The number of amides is 3. The summed E-state index contributed by atoms with van der Waals surface area (Å²) in [5, 5.41) is 5.12. The van der Waals surface area contributed by atoms with Gasteiger partial charge < -0.3 is 25.0 Å². The molecule has 0 bridgehead atoms. The Bertz CT molecular complexity index is 777. The van der Waals surface area contributed by atoms with Crippen molar-refractivity contribution in [3.63, 3.8) is 0 Å². The highest BCUT2D eigenvalue weighted by Crippen LogP contribution is 2.21. The van der Waals surface area contributed by atoms with Crippen LogP contribution in [0.3, 0.4) is 0 Å². The Balaban J connectivity index is 1.73. The van der Waals surface area contributed by atoms with Crippen molar-refractivity contribution in [1.29, 1.82) is 0 Å². The molecule has 0 atom stereocenters. The fourth-order valence-electron chi connectivity index (χ4n) is 2.93. The van der Waals surface area contributed by atoms with Crippen LogP contribution >= 0.6 is 0 Å². The summed E-state index contributed by atoms with van der Waals surface area (Å²) in [6.45, 7) is 5.81. The molecule has 0 aromatic heterocycles. The first-order valence-corrected chi connectivity index (χ1v) is 9.85. The summed E-state index contributed by atoms with van der Waals surface area (Å²) in [5.74, 6) is -1.51. The second kappa shape index (κ2) is 10.1. The third-order valence-corrected chi connectivity index (χ3v) is 4.48. The lowest BCUT2D eigenvalue weighted by molar-refractivity contribution is -0.153. The number of piperidine rings is 1. The molecule has 0 aliphatic carbocycles. The number of ether oxygens (including phenoxy) is 2. The van der Waals surface area contributed by atoms with Gasteiger partial charge in [0.05, 0.1) is 5.92 Å². The molecular weight excluding hydrogens is 390 g/mol. The first-order chi connectivity index (χ1) is 14.1. The van der Waals surface area contributed by atoms with Crippen molar-refractivity contribution in [1.82, 2.24) is 10.2 Å². The van der Waals surface area contributed by atoms with Crippen LogP contribution in [0.15, 0.2) is 24.3 Å². The lowest BCUT2D eigenvalue weighted by Crippen LogP contribution is -2.43. The molecule has 1 aliphatic heterocycles. The number of carbonyl (C=O) groups is 4. The number of esters is 1. The van der Waals surface area contributed by atoms with Gasteiger partial charge in [-0.3, -0.25) is 14.4 Å². The average Bonchev–Trinajstić information content (AvgIpc) is 2.71. The summed E-state index contributed by atoms with van der Waals surface area (Å²) >= 11 is 0. The normalized spacial score (nSPS) is 14.6. The Kier molecular flexibility index (Phi) is 7.79. The van der Waals surface area contributed by atoms with Crippen LogP contribution in [0.2, 0.25) is 0 Å². The zero-order valence-corrected chi connectivity index (χ0v) is 17.8. The van der Waals surface area contributed by atoms with Crippen molar-refractivity contribution in [2.24, 2.45) is 5.92 Å². The van der Waals surface area contributed by atoms with Gasteiger partial charge >= 0.3 is 12.1 Å². The summed E-state index contributed by atoms with van der Waals surface area (Å²) in [6.07, 6.45) is 0.525. The van der Waals surface area contributed by atoms with Gasteiger partial charge in [-0.05, 0) is 57.9 Å². The van der Waals surface area contributed by atoms with Gasteiger partial charge in [-0.1, -0.05) is 0 Å². The molecule has 1 aliphatic rings. The van der Waals surface area contributed by atoms with Crippen LogP contribution in [0.25, 0.3) is 0 Å². The zero-order chi connectivity index (χ0) is 22.3. The Morgan fingerprint density at radius 3 is 2.20 bits per heavy atom. The van der Waals surface area contributed by atoms with Crippen LogP contribution in [-0.4, -0.2) is 61.1 Å². The van der Waals surface area contributed by atoms with E-state index in [0.29, 0.717) is 37.2 Å². The Morgan fingerprint density at radius 2 is 1.67 bits per heavy atom. The smallest absolute Gasteiger partial charge is 0.410 e. The molecule has 0 spiro atoms. The Labute approximate surface area is 176 Å². The average molecular weight is 419 g/mol. The number of nitrogens with zero attached hydrogens (tertiary/aromatic N) is 1. The van der Waals surface area contributed by atoms with Gasteiger partial charge in [0.1, 0.15) is 5.60 Å². The molecule has 9 nitrogen and oxygen atoms in total. The molecule has 9 heteroatoms. The highest BCUT2D eigenvalue weighted by molar-refractivity contribution is 5.96. The first-order valence-electron chi connectivity index (χ1n) is 9.85. The van der Waals surface area contributed by atoms with Crippen LogP contribution in [0.5, 0.6) is 0 Å². The number of anilines is 1. The molecule has 164 valence electrons. The third kappa shape index (κ3) is 7.06. The minimum Gasteiger partial charge on any atom is -0.455 e. The van der Waals surface area contributed by atoms with E-state index >= 15 is 0 Å². The fourth-order valence-corrected chi connectivity index (χ4v) is 2.93. The van der Waals surface area contributed by atoms with E-state index in [1.165, 1.54) is 7.05 Å². The summed E-state index contributed by atoms with van der Waals surface area (Å²) < 4.78 is 10.5. The zero-order valence-electron chi connectivity index (χ0n) is 17.8. The molecule has 1 fully saturated rings. The van der Waals surface area contributed by atoms with Crippen molar-refractivity contribution in [3.8, 4) is 0 Å². The summed E-state index contributed by atoms with van der Waals surface area (Å²) in [5.41, 5.74) is 0.400. The Hall–Kier alpha value is -3.10. The van der Waals surface area contributed by atoms with E-state index in [1.54, 1.807) is 49.9 Å². The van der Waals surface area contributed by atoms with E-state index in [-0.39, 0.29) is 11.8 Å². The van der Waals surface area contributed by atoms with Gasteiger partial charge in [-0.25, -0.2) is 4.79 Å². The maximum absolute atomic E-state index is 12.2. The minimum atomic E-state index is -0.567. The van der Waals surface area contributed by atoms with Crippen molar-refractivity contribution in [3.05, 3.63) is 29.8 Å². The van der Waals surface area contributed by atoms with E-state index < -0.39 is 30.2 Å². The topological polar surface area (TPSA) is 114 Å². The van der Waals surface area contributed by atoms with Crippen LogP contribution in [0.1, 0.15) is 44.0 Å². The van der Waals surface area contributed by atoms with Crippen molar-refractivity contribution in [2.45, 2.75) is 39.2 Å². The van der Waals surface area contributed by atoms with E-state index in [9.17, 15) is 19.2 Å². The van der Waals surface area contributed by atoms with Crippen LogP contribution in [-0.2, 0) is 19.1 Å². The van der Waals surface area contributed by atoms with Gasteiger partial charge in [0.15, 0.2) is 6.61 Å². The number of hydrogen-bond donors (Lipinski definition) is 2. The number of rotatable bonds is 5. The standard InChI is InChI=1S/C21H29N3O6/c1-21(2,3)30-20(28)24-11-9-15(10-12-24)19(27)29-13-17(25)23-16-7-5-14(6-8-16)18(26)22-4/h5-8,15H,9-13H2,1-4H3,(H,22,26)(H,23,25). The molecule has 2 N–H and O–H groups in total. The van der Waals surface area contributed by atoms with E-state index in [4.69, 9.17) is 9.47 Å². The van der Waals surface area contributed by atoms with Crippen molar-refractivity contribution >= 4 is 29.6 Å². The second-order valence-electron chi connectivity index (χ2n) is 8.05. The third-order valence-electron chi connectivity index (χ3n) is 4.48. The van der Waals surface area contributed by atoms with Crippen LogP contribution < -0.4 is 10.6 Å². The Morgan fingerprint density at radius 1 is 1.07 bits per heavy atom. The van der Waals surface area contributed by atoms with Crippen molar-refractivity contribution in [2.75, 3.05) is 32.1 Å². The minimum absolute atomic E-state index is 0.223. The molecule has 1 saturated heterocycles. The van der Waals surface area contributed by atoms with E-state index in [1.807, 2.05) is 0 Å². The second-order valence-corrected chi connectivity index (χ2v) is 8.05. The quantitative estimate of drug-likeness (QED) is 0.707. The van der Waals surface area contributed by atoms with Crippen molar-refractivity contribution < 1.29 is 28.7 Å². The molecule has 0 radical (unpaired) electrons. The number of carbonyl (C=O) groups excluding carboxylic acids is 4. The predicted octanol–water partition coefficient (Wildman–Crippen LogP) is 2.17. The molecule has 0 unspecified atom stereocenters. The van der Waals surface area contributed by atoms with Crippen LogP contribution in [0, 0.1) is 5.92 Å². The first kappa shape index (κ1) is 23.2. The predicted molar refractivity (Wildman–Crippen MR) is 110 cm³/mol. The number of hydrogen-bond acceptors (Lipinski definition) is 6. The maximum atomic E-state index is 12.2. The summed E-state index contributed by atoms with van der Waals surface area (Å²) in [4.78, 5) is 49.4. The van der Waals surface area contributed by atoms with E-state index in [0.717, 1.165) is 0 Å². The maximum Gasteiger partial charge on any atom is 0.410 e. The fraction of sp³-hybridized carbons (Fsp3) is 0.524. The molecule has 1 aromatic rings. The SMILES string of the molecule is CNC(=O)c1ccc(NC(=O)COC(=O)C2CCN(C(=O)OC(C)(C)C)CC2)cc1. The van der Waals surface area contributed by atoms with Gasteiger partial charge in [-0.15, -0.1) is 0 Å². The summed E-state index contributed by atoms with van der Waals surface area (Å²) in [7, 11) is 1.54. The molecule has 30 heavy (non-hydrogen) atoms. The molecule has 1 aromatic carbocycles. The monoisotopic (exact) mass is 419 g/mol. The molecule has 1 heterocycles. The lowest BCUT2D eigenvalue weighted by Gasteiger charge is -2.32. The van der Waals surface area contributed by atoms with Crippen LogP contribution in [0.4, 0.5) is 10.5 Å². The largest absolute Gasteiger partial charge is 0.455 e. The molecular formula is C21H29N3O6. The van der Waals surface area contributed by atoms with E-state index in [2.05, 4.69) is 10.6 Å². The molecule has 2 rings (SSSR count). The van der Waals surface area contributed by atoms with Gasteiger partial charge in [0.2, 0.25) is 0 Å². The number of benzene rings is 1. The summed E-state index contributed by atoms with van der Waals surface area (Å²) in [6, 6.07) is 6.35. The molecule has 3 amide bonds. The van der Waals surface area contributed by atoms with Gasteiger partial charge in [0.25, 0.3) is 11.8 Å². The highest BCUT2D eigenvalue weighted by atomic mass is 16.6. The molecule has 0 saturated carbocycles. The van der Waals surface area contributed by atoms with Gasteiger partial charge in [0, 0.05) is 31.4 Å².